The van der Waals surface area contributed by atoms with E-state index in [-0.39, 0.29) is 12.6 Å². The van der Waals surface area contributed by atoms with E-state index in [0.29, 0.717) is 29.1 Å². The molecule has 1 aromatic heterocycles. The molecule has 1 aromatic carbocycles. The van der Waals surface area contributed by atoms with Crippen LogP contribution >= 0.6 is 0 Å². The average molecular weight is 307 g/mol. The summed E-state index contributed by atoms with van der Waals surface area (Å²) >= 11 is 0. The first kappa shape index (κ1) is 16.1. The third-order valence-corrected chi connectivity index (χ3v) is 3.36. The van der Waals surface area contributed by atoms with Crippen molar-refractivity contribution in [1.29, 1.82) is 0 Å². The van der Waals surface area contributed by atoms with Crippen LogP contribution in [0.25, 0.3) is 11.1 Å². The van der Waals surface area contributed by atoms with Gasteiger partial charge in [-0.05, 0) is 24.5 Å². The topological polar surface area (TPSA) is 96.5 Å². The van der Waals surface area contributed by atoms with Crippen molar-refractivity contribution in [2.45, 2.75) is 26.3 Å². The van der Waals surface area contributed by atoms with E-state index in [2.05, 4.69) is 10.6 Å². The summed E-state index contributed by atoms with van der Waals surface area (Å²) in [6.07, 6.45) is 0.691. The first-order valence-electron chi connectivity index (χ1n) is 7.18. The molecule has 0 spiro atoms. The molecule has 0 saturated heterocycles. The number of carbonyl (C=O) groups is 1. The fraction of sp³-hybridized carbons (Fsp3) is 0.467. The van der Waals surface area contributed by atoms with Gasteiger partial charge in [-0.2, -0.15) is 0 Å². The van der Waals surface area contributed by atoms with Crippen LogP contribution in [0.4, 0.5) is 10.5 Å². The van der Waals surface area contributed by atoms with Gasteiger partial charge < -0.3 is 20.2 Å². The third-order valence-electron chi connectivity index (χ3n) is 3.36. The van der Waals surface area contributed by atoms with Crippen molar-refractivity contribution in [3.63, 3.8) is 0 Å². The summed E-state index contributed by atoms with van der Waals surface area (Å²) in [5.41, 5.74) is 1.58. The SMILES string of the molecule is CC(C)CC(CO)NC(=O)Nc1ccc2c(c1)oc(=O)n2C. The molecule has 1 atom stereocenters. The third kappa shape index (κ3) is 3.67. The van der Waals surface area contributed by atoms with Crippen LogP contribution < -0.4 is 16.4 Å². The van der Waals surface area contributed by atoms with Crippen molar-refractivity contribution in [3.05, 3.63) is 28.7 Å². The second kappa shape index (κ2) is 6.65. The smallest absolute Gasteiger partial charge is 0.408 e. The van der Waals surface area contributed by atoms with E-state index in [1.807, 2.05) is 13.8 Å². The Bertz CT molecular complexity index is 717. The number of hydrogen-bond donors (Lipinski definition) is 3. The zero-order chi connectivity index (χ0) is 16.3. The molecule has 2 rings (SSSR count). The molecular weight excluding hydrogens is 286 g/mol. The number of aromatic nitrogens is 1. The van der Waals surface area contributed by atoms with Crippen molar-refractivity contribution in [2.24, 2.45) is 13.0 Å². The van der Waals surface area contributed by atoms with Crippen molar-refractivity contribution >= 4 is 22.8 Å². The maximum Gasteiger partial charge on any atom is 0.419 e. The lowest BCUT2D eigenvalue weighted by molar-refractivity contribution is 0.214. The van der Waals surface area contributed by atoms with Crippen LogP contribution in [0.15, 0.2) is 27.4 Å². The molecule has 3 N–H and O–H groups in total. The molecule has 0 aliphatic rings. The molecular formula is C15H21N3O4. The van der Waals surface area contributed by atoms with E-state index in [9.17, 15) is 14.7 Å². The summed E-state index contributed by atoms with van der Waals surface area (Å²) < 4.78 is 6.46. The van der Waals surface area contributed by atoms with Crippen molar-refractivity contribution < 1.29 is 14.3 Å². The number of amides is 2. The number of aliphatic hydroxyl groups is 1. The molecule has 0 aliphatic heterocycles. The Balaban J connectivity index is 2.06. The molecule has 0 fully saturated rings. The minimum absolute atomic E-state index is 0.113. The Morgan fingerprint density at radius 3 is 2.77 bits per heavy atom. The van der Waals surface area contributed by atoms with Crippen LogP contribution in [0.5, 0.6) is 0 Å². The lowest BCUT2D eigenvalue weighted by atomic mass is 10.0. The average Bonchev–Trinajstić information content (AvgIpc) is 2.72. The molecule has 0 radical (unpaired) electrons. The van der Waals surface area contributed by atoms with Gasteiger partial charge >= 0.3 is 11.8 Å². The minimum Gasteiger partial charge on any atom is -0.408 e. The van der Waals surface area contributed by atoms with Gasteiger partial charge in [0.1, 0.15) is 0 Å². The maximum atomic E-state index is 11.9. The summed E-state index contributed by atoms with van der Waals surface area (Å²) in [4.78, 5) is 23.4. The molecule has 0 aliphatic carbocycles. The van der Waals surface area contributed by atoms with Crippen LogP contribution in [0, 0.1) is 5.92 Å². The fourth-order valence-electron chi connectivity index (χ4n) is 2.31. The quantitative estimate of drug-likeness (QED) is 0.782. The second-order valence-electron chi connectivity index (χ2n) is 5.72. The molecule has 22 heavy (non-hydrogen) atoms. The van der Waals surface area contributed by atoms with Crippen LogP contribution in [0.2, 0.25) is 0 Å². The monoisotopic (exact) mass is 307 g/mol. The number of rotatable bonds is 5. The van der Waals surface area contributed by atoms with Gasteiger partial charge in [0.25, 0.3) is 0 Å². The molecule has 1 unspecified atom stereocenters. The van der Waals surface area contributed by atoms with E-state index in [4.69, 9.17) is 4.42 Å². The minimum atomic E-state index is -0.450. The van der Waals surface area contributed by atoms with Crippen molar-refractivity contribution in [1.82, 2.24) is 9.88 Å². The first-order chi connectivity index (χ1) is 10.4. The molecule has 7 heteroatoms. The zero-order valence-corrected chi connectivity index (χ0v) is 12.9. The van der Waals surface area contributed by atoms with Crippen LogP contribution in [0.3, 0.4) is 0 Å². The maximum absolute atomic E-state index is 11.9. The summed E-state index contributed by atoms with van der Waals surface area (Å²) in [5, 5.41) is 14.7. The van der Waals surface area contributed by atoms with Crippen LogP contribution in [0.1, 0.15) is 20.3 Å². The molecule has 2 amide bonds. The van der Waals surface area contributed by atoms with Gasteiger partial charge in [-0.1, -0.05) is 13.8 Å². The van der Waals surface area contributed by atoms with E-state index in [1.54, 1.807) is 25.2 Å². The number of aryl methyl sites for hydroxylation is 1. The van der Waals surface area contributed by atoms with E-state index >= 15 is 0 Å². The van der Waals surface area contributed by atoms with Gasteiger partial charge in [0.2, 0.25) is 0 Å². The predicted octanol–water partition coefficient (Wildman–Crippen LogP) is 1.66. The highest BCUT2D eigenvalue weighted by molar-refractivity contribution is 5.91. The number of benzene rings is 1. The predicted molar refractivity (Wildman–Crippen MR) is 83.9 cm³/mol. The van der Waals surface area contributed by atoms with Crippen LogP contribution in [-0.4, -0.2) is 28.4 Å². The Labute approximate surface area is 127 Å². The van der Waals surface area contributed by atoms with Gasteiger partial charge in [-0.15, -0.1) is 0 Å². The molecule has 7 nitrogen and oxygen atoms in total. The fourth-order valence-corrected chi connectivity index (χ4v) is 2.31. The van der Waals surface area contributed by atoms with Crippen molar-refractivity contribution in [2.75, 3.05) is 11.9 Å². The summed E-state index contributed by atoms with van der Waals surface area (Å²) in [7, 11) is 1.62. The molecule has 2 aromatic rings. The van der Waals surface area contributed by atoms with Gasteiger partial charge in [-0.3, -0.25) is 4.57 Å². The first-order valence-corrected chi connectivity index (χ1v) is 7.18. The van der Waals surface area contributed by atoms with Gasteiger partial charge in [-0.25, -0.2) is 9.59 Å². The summed E-state index contributed by atoms with van der Waals surface area (Å²) in [5.74, 6) is -0.0822. The van der Waals surface area contributed by atoms with Gasteiger partial charge in [0, 0.05) is 18.8 Å². The zero-order valence-electron chi connectivity index (χ0n) is 12.9. The number of nitrogens with one attached hydrogen (secondary N) is 2. The molecule has 0 saturated carbocycles. The van der Waals surface area contributed by atoms with Crippen LogP contribution in [-0.2, 0) is 7.05 Å². The Morgan fingerprint density at radius 1 is 1.41 bits per heavy atom. The normalized spacial score (nSPS) is 12.6. The number of urea groups is 1. The molecule has 0 bridgehead atoms. The van der Waals surface area contributed by atoms with E-state index < -0.39 is 11.8 Å². The number of nitrogens with zero attached hydrogens (tertiary/aromatic N) is 1. The number of hydrogen-bond acceptors (Lipinski definition) is 4. The molecule has 1 heterocycles. The van der Waals surface area contributed by atoms with Gasteiger partial charge in [0.15, 0.2) is 5.58 Å². The lowest BCUT2D eigenvalue weighted by Crippen LogP contribution is -2.40. The second-order valence-corrected chi connectivity index (χ2v) is 5.72. The number of oxazole rings is 1. The standard InChI is InChI=1S/C15H21N3O4/c1-9(2)6-11(8-19)17-14(20)16-10-4-5-12-13(7-10)22-15(21)18(12)3/h4-5,7,9,11,19H,6,8H2,1-3H3,(H2,16,17,20). The Hall–Kier alpha value is -2.28. The molecule has 120 valence electrons. The summed E-state index contributed by atoms with van der Waals surface area (Å²) in [6.45, 7) is 3.93. The number of fused-ring (bicyclic) bond motifs is 1. The van der Waals surface area contributed by atoms with E-state index in [1.165, 1.54) is 4.57 Å². The highest BCUT2D eigenvalue weighted by Crippen LogP contribution is 2.17. The van der Waals surface area contributed by atoms with Gasteiger partial charge in [0.05, 0.1) is 18.2 Å². The Morgan fingerprint density at radius 2 is 2.14 bits per heavy atom. The van der Waals surface area contributed by atoms with Crippen molar-refractivity contribution in [3.8, 4) is 0 Å². The van der Waals surface area contributed by atoms with E-state index in [0.717, 1.165) is 0 Å². The number of anilines is 1. The Kier molecular flexibility index (Phi) is 4.87. The number of aliphatic hydroxyl groups excluding tert-OH is 1. The highest BCUT2D eigenvalue weighted by Gasteiger charge is 2.14. The number of carbonyl (C=O) groups excluding carboxylic acids is 1. The largest absolute Gasteiger partial charge is 0.419 e. The lowest BCUT2D eigenvalue weighted by Gasteiger charge is -2.18. The highest BCUT2D eigenvalue weighted by atomic mass is 16.4. The summed E-state index contributed by atoms with van der Waals surface area (Å²) in [6, 6.07) is 4.28.